The maximum absolute atomic E-state index is 2.30. The Bertz CT molecular complexity index is 1760. The fourth-order valence-corrected chi connectivity index (χ4v) is 17.6. The fraction of sp³-hybridized carbons (Fsp3) is 0.0769. The topological polar surface area (TPSA) is 0 Å². The van der Waals surface area contributed by atoms with Crippen molar-refractivity contribution in [1.29, 1.82) is 0 Å². The van der Waals surface area contributed by atoms with Gasteiger partial charge in [0.1, 0.15) is 0 Å². The molecule has 0 saturated heterocycles. The number of rotatable bonds is 14. The van der Waals surface area contributed by atoms with Gasteiger partial charge in [0, 0.05) is 20.4 Å². The second-order valence-corrected chi connectivity index (χ2v) is 22.6. The molecule has 0 aliphatic carbocycles. The first kappa shape index (κ1) is 42.7. The van der Waals surface area contributed by atoms with Crippen LogP contribution in [0.25, 0.3) is 0 Å². The van der Waals surface area contributed by atoms with Crippen molar-refractivity contribution in [3.05, 3.63) is 243 Å². The maximum Gasteiger partial charge on any atom is 0 e. The van der Waals surface area contributed by atoms with Crippen LogP contribution in [0.1, 0.15) is 0 Å². The number of benzene rings is 8. The summed E-state index contributed by atoms with van der Waals surface area (Å²) in [4.78, 5) is 0. The van der Waals surface area contributed by atoms with Gasteiger partial charge in [0.2, 0.25) is 0 Å². The van der Waals surface area contributed by atoms with Gasteiger partial charge >= 0.3 is 0 Å². The summed E-state index contributed by atoms with van der Waals surface area (Å²) in [5.74, 6) is 0. The van der Waals surface area contributed by atoms with Crippen LogP contribution in [0.15, 0.2) is 243 Å². The largest absolute Gasteiger partial charge is 0.0622 e. The minimum atomic E-state index is -0.348. The van der Waals surface area contributed by atoms with Gasteiger partial charge in [-0.1, -0.05) is 243 Å². The monoisotopic (exact) mass is 902 g/mol. The average molecular weight is 903 g/mol. The Balaban J connectivity index is 0.000000189. The van der Waals surface area contributed by atoms with Crippen LogP contribution < -0.4 is 42.4 Å². The van der Waals surface area contributed by atoms with E-state index in [1.807, 2.05) is 0 Å². The fourth-order valence-electron chi connectivity index (χ4n) is 6.89. The molecule has 0 heterocycles. The van der Waals surface area contributed by atoms with Crippen LogP contribution in [0, 0.1) is 0 Å². The van der Waals surface area contributed by atoms with Crippen molar-refractivity contribution in [3.63, 3.8) is 0 Å². The molecule has 0 unspecified atom stereocenters. The molecule has 286 valence electrons. The van der Waals surface area contributed by atoms with Crippen LogP contribution in [-0.2, 0) is 20.4 Å². The van der Waals surface area contributed by atoms with E-state index in [-0.39, 0.29) is 52.1 Å². The third-order valence-corrected chi connectivity index (χ3v) is 20.4. The summed E-state index contributed by atoms with van der Waals surface area (Å²) in [6, 6.07) is 88.4. The third-order valence-electron chi connectivity index (χ3n) is 9.64. The van der Waals surface area contributed by atoms with Crippen molar-refractivity contribution in [1.82, 2.24) is 0 Å². The van der Waals surface area contributed by atoms with E-state index in [1.165, 1.54) is 67.1 Å². The first-order valence-corrected chi connectivity index (χ1v) is 25.4. The first-order chi connectivity index (χ1) is 27.8. The van der Waals surface area contributed by atoms with Crippen molar-refractivity contribution >= 4 is 74.1 Å². The van der Waals surface area contributed by atoms with Crippen LogP contribution in [0.2, 0.25) is 0 Å². The van der Waals surface area contributed by atoms with Gasteiger partial charge in [0.25, 0.3) is 0 Å². The Morgan fingerprint density at radius 3 is 0.386 bits per heavy atom. The molecule has 8 aromatic rings. The van der Waals surface area contributed by atoms with Crippen LogP contribution >= 0.6 is 31.7 Å². The van der Waals surface area contributed by atoms with E-state index in [0.29, 0.717) is 0 Å². The Morgan fingerprint density at radius 1 is 0.175 bits per heavy atom. The molecular weight excluding hydrogens is 855 g/mol. The zero-order valence-electron chi connectivity index (χ0n) is 32.0. The molecule has 0 aromatic heterocycles. The van der Waals surface area contributed by atoms with Gasteiger partial charge in [0.15, 0.2) is 0 Å². The molecule has 0 aliphatic heterocycles. The van der Waals surface area contributed by atoms with Gasteiger partial charge in [0.05, 0.1) is 0 Å². The van der Waals surface area contributed by atoms with E-state index in [9.17, 15) is 0 Å². The molecule has 0 aliphatic rings. The van der Waals surface area contributed by atoms with Crippen molar-refractivity contribution in [2.45, 2.75) is 0 Å². The zero-order chi connectivity index (χ0) is 38.0. The Labute approximate surface area is 359 Å². The summed E-state index contributed by atoms with van der Waals surface area (Å²) < 4.78 is 0. The molecule has 0 amide bonds. The van der Waals surface area contributed by atoms with Gasteiger partial charge < -0.3 is 0 Å². The quantitative estimate of drug-likeness (QED) is 0.0754. The van der Waals surface area contributed by atoms with Crippen LogP contribution in [0.3, 0.4) is 0 Å². The van der Waals surface area contributed by atoms with E-state index in [4.69, 9.17) is 0 Å². The predicted octanol–water partition coefficient (Wildman–Crippen LogP) is 10.5. The molecule has 0 bridgehead atoms. The Kier molecular flexibility index (Phi) is 17.6. The number of hydrogen-bond acceptors (Lipinski definition) is 0. The first-order valence-electron chi connectivity index (χ1n) is 19.3. The summed E-state index contributed by atoms with van der Waals surface area (Å²) >= 11 is 0. The molecule has 0 spiro atoms. The molecular formula is C52H48P4Pd. The van der Waals surface area contributed by atoms with Gasteiger partial charge in [-0.15, -0.1) is 0 Å². The summed E-state index contributed by atoms with van der Waals surface area (Å²) in [5.41, 5.74) is 0. The standard InChI is InChI=1S/2C26H24P2.Pd/c2*1-5-13-23(14-6-1)27(24-15-7-2-8-16-24)21-22-28(25-17-9-3-10-18-25)26-19-11-4-12-20-26;/h2*1-20H,21-22H2;. The van der Waals surface area contributed by atoms with Crippen molar-refractivity contribution in [2.24, 2.45) is 0 Å². The van der Waals surface area contributed by atoms with Crippen LogP contribution in [-0.4, -0.2) is 24.6 Å². The van der Waals surface area contributed by atoms with E-state index in [1.54, 1.807) is 0 Å². The minimum absolute atomic E-state index is 0. The van der Waals surface area contributed by atoms with Crippen molar-refractivity contribution in [3.8, 4) is 0 Å². The summed E-state index contributed by atoms with van der Waals surface area (Å²) in [6.07, 6.45) is 4.83. The Hall–Kier alpha value is -3.86. The van der Waals surface area contributed by atoms with Crippen LogP contribution in [0.5, 0.6) is 0 Å². The molecule has 0 nitrogen and oxygen atoms in total. The summed E-state index contributed by atoms with van der Waals surface area (Å²) in [5, 5.41) is 11.8. The van der Waals surface area contributed by atoms with E-state index < -0.39 is 0 Å². The summed E-state index contributed by atoms with van der Waals surface area (Å²) in [7, 11) is -1.39. The zero-order valence-corrected chi connectivity index (χ0v) is 37.2. The average Bonchev–Trinajstić information content (AvgIpc) is 3.29. The molecule has 57 heavy (non-hydrogen) atoms. The van der Waals surface area contributed by atoms with E-state index >= 15 is 0 Å². The molecule has 0 radical (unpaired) electrons. The smallest absolute Gasteiger partial charge is 0 e. The molecule has 5 heteroatoms. The predicted molar refractivity (Wildman–Crippen MR) is 256 cm³/mol. The van der Waals surface area contributed by atoms with Gasteiger partial charge in [-0.25, -0.2) is 0 Å². The van der Waals surface area contributed by atoms with Gasteiger partial charge in [-0.2, -0.15) is 0 Å². The molecule has 8 aromatic carbocycles. The minimum Gasteiger partial charge on any atom is -0.0622 e. The third kappa shape index (κ3) is 12.6. The SMILES string of the molecule is [Pd].c1ccc(P(CCP(c2ccccc2)c2ccccc2)c2ccccc2)cc1.c1ccc(P(CCP(c2ccccc2)c2ccccc2)c2ccccc2)cc1. The Morgan fingerprint density at radius 2 is 0.281 bits per heavy atom. The molecule has 0 N–H and O–H groups in total. The van der Waals surface area contributed by atoms with Crippen molar-refractivity contribution < 1.29 is 20.4 Å². The number of hydrogen-bond donors (Lipinski definition) is 0. The van der Waals surface area contributed by atoms with Gasteiger partial charge in [-0.3, -0.25) is 0 Å². The van der Waals surface area contributed by atoms with E-state index in [0.717, 1.165) is 0 Å². The maximum atomic E-state index is 2.30. The second-order valence-electron chi connectivity index (χ2n) is 13.3. The second kappa shape index (κ2) is 23.5. The molecule has 8 rings (SSSR count). The molecule has 0 fully saturated rings. The normalized spacial score (nSPS) is 10.9. The summed E-state index contributed by atoms with van der Waals surface area (Å²) in [6.45, 7) is 0. The van der Waals surface area contributed by atoms with Gasteiger partial charge in [-0.05, 0) is 98.8 Å². The molecule has 0 atom stereocenters. The molecule has 0 saturated carbocycles. The van der Waals surface area contributed by atoms with E-state index in [2.05, 4.69) is 243 Å². The van der Waals surface area contributed by atoms with Crippen LogP contribution in [0.4, 0.5) is 0 Å². The van der Waals surface area contributed by atoms with Crippen molar-refractivity contribution in [2.75, 3.05) is 24.6 Å².